The van der Waals surface area contributed by atoms with Gasteiger partial charge in [0, 0.05) is 38.2 Å². The van der Waals surface area contributed by atoms with Crippen molar-refractivity contribution in [2.75, 3.05) is 44.7 Å². The van der Waals surface area contributed by atoms with Gasteiger partial charge >= 0.3 is 6.18 Å². The lowest BCUT2D eigenvalue weighted by Crippen LogP contribution is -2.49. The summed E-state index contributed by atoms with van der Waals surface area (Å²) in [6.07, 6.45) is -3.54. The van der Waals surface area contributed by atoms with Gasteiger partial charge in [-0.15, -0.1) is 0 Å². The van der Waals surface area contributed by atoms with E-state index in [2.05, 4.69) is 11.8 Å². The summed E-state index contributed by atoms with van der Waals surface area (Å²) in [5, 5.41) is 0. The predicted octanol–water partition coefficient (Wildman–Crippen LogP) is 4.30. The highest BCUT2D eigenvalue weighted by atomic mass is 19.4. The van der Waals surface area contributed by atoms with Crippen LogP contribution in [0.4, 0.5) is 18.9 Å². The number of carbonyl (C=O) groups is 2. The van der Waals surface area contributed by atoms with Crippen molar-refractivity contribution in [2.45, 2.75) is 32.0 Å². The molecule has 2 amide bonds. The molecule has 35 heavy (non-hydrogen) atoms. The number of nitrogens with zero attached hydrogens (tertiary/aromatic N) is 3. The van der Waals surface area contributed by atoms with Crippen molar-refractivity contribution >= 4 is 17.5 Å². The van der Waals surface area contributed by atoms with Crippen LogP contribution < -0.4 is 9.64 Å². The van der Waals surface area contributed by atoms with Crippen LogP contribution in [0.3, 0.4) is 0 Å². The summed E-state index contributed by atoms with van der Waals surface area (Å²) < 4.78 is 44.4. The van der Waals surface area contributed by atoms with E-state index in [1.165, 1.54) is 12.1 Å². The van der Waals surface area contributed by atoms with Crippen LogP contribution >= 0.6 is 0 Å². The number of rotatable bonds is 5. The SMILES string of the molecule is CCN1CC(CN(C)C(=O)C2CCN(C(=O)c3ccc(C(F)(F)F)cc3)CC2)Oc2ccccc21. The van der Waals surface area contributed by atoms with Gasteiger partial charge in [0.05, 0.1) is 24.3 Å². The molecule has 0 saturated carbocycles. The molecule has 2 aromatic carbocycles. The van der Waals surface area contributed by atoms with Crippen molar-refractivity contribution in [2.24, 2.45) is 5.92 Å². The first-order chi connectivity index (χ1) is 16.7. The van der Waals surface area contributed by atoms with Gasteiger partial charge in [-0.25, -0.2) is 0 Å². The Morgan fingerprint density at radius 3 is 2.34 bits per heavy atom. The van der Waals surface area contributed by atoms with E-state index in [0.717, 1.165) is 30.1 Å². The normalized spacial score (nSPS) is 18.6. The molecule has 0 N–H and O–H groups in total. The smallest absolute Gasteiger partial charge is 0.416 e. The Balaban J connectivity index is 1.30. The quantitative estimate of drug-likeness (QED) is 0.629. The Morgan fingerprint density at radius 2 is 1.71 bits per heavy atom. The molecule has 0 aromatic heterocycles. The number of hydrogen-bond donors (Lipinski definition) is 0. The van der Waals surface area contributed by atoms with Crippen LogP contribution in [0.2, 0.25) is 0 Å². The number of ether oxygens (including phenoxy) is 1. The van der Waals surface area contributed by atoms with Crippen LogP contribution in [-0.2, 0) is 11.0 Å². The second-order valence-corrected chi connectivity index (χ2v) is 9.11. The van der Waals surface area contributed by atoms with Crippen molar-refractivity contribution in [3.05, 3.63) is 59.7 Å². The van der Waals surface area contributed by atoms with E-state index < -0.39 is 11.7 Å². The van der Waals surface area contributed by atoms with Gasteiger partial charge < -0.3 is 19.4 Å². The fourth-order valence-electron chi connectivity index (χ4n) is 4.79. The Bertz CT molecular complexity index is 1050. The third-order valence-electron chi connectivity index (χ3n) is 6.75. The lowest BCUT2D eigenvalue weighted by molar-refractivity contribution is -0.137. The molecular formula is C26H30F3N3O3. The summed E-state index contributed by atoms with van der Waals surface area (Å²) in [5.41, 5.74) is 0.495. The minimum atomic E-state index is -4.44. The number of likely N-dealkylation sites (tertiary alicyclic amines) is 1. The van der Waals surface area contributed by atoms with Crippen LogP contribution in [0.5, 0.6) is 5.75 Å². The molecule has 1 saturated heterocycles. The monoisotopic (exact) mass is 489 g/mol. The number of carbonyl (C=O) groups excluding carboxylic acids is 2. The molecule has 0 aliphatic carbocycles. The summed E-state index contributed by atoms with van der Waals surface area (Å²) >= 11 is 0. The molecule has 1 unspecified atom stereocenters. The van der Waals surface area contributed by atoms with Crippen molar-refractivity contribution in [3.63, 3.8) is 0 Å². The molecule has 0 bridgehead atoms. The minimum Gasteiger partial charge on any atom is -0.485 e. The Morgan fingerprint density at radius 1 is 1.06 bits per heavy atom. The van der Waals surface area contributed by atoms with Crippen LogP contribution in [0.15, 0.2) is 48.5 Å². The molecule has 2 aliphatic heterocycles. The predicted molar refractivity (Wildman–Crippen MR) is 126 cm³/mol. The molecule has 9 heteroatoms. The van der Waals surface area contributed by atoms with Gasteiger partial charge in [-0.05, 0) is 56.2 Å². The molecule has 2 heterocycles. The van der Waals surface area contributed by atoms with Crippen molar-refractivity contribution in [1.82, 2.24) is 9.80 Å². The number of amides is 2. The topological polar surface area (TPSA) is 53.1 Å². The second kappa shape index (κ2) is 10.2. The van der Waals surface area contributed by atoms with E-state index in [0.29, 0.717) is 39.0 Å². The number of alkyl halides is 3. The van der Waals surface area contributed by atoms with E-state index in [1.54, 1.807) is 16.8 Å². The Labute approximate surface area is 203 Å². The average molecular weight is 490 g/mol. The third kappa shape index (κ3) is 5.55. The number of likely N-dealkylation sites (N-methyl/N-ethyl adjacent to an activating group) is 2. The molecule has 4 rings (SSSR count). The highest BCUT2D eigenvalue weighted by Crippen LogP contribution is 2.33. The molecule has 2 aromatic rings. The van der Waals surface area contributed by atoms with Crippen LogP contribution in [0, 0.1) is 5.92 Å². The van der Waals surface area contributed by atoms with Crippen LogP contribution in [-0.4, -0.2) is 67.5 Å². The van der Waals surface area contributed by atoms with Gasteiger partial charge in [-0.1, -0.05) is 12.1 Å². The van der Waals surface area contributed by atoms with Crippen LogP contribution in [0.1, 0.15) is 35.7 Å². The van der Waals surface area contributed by atoms with Crippen molar-refractivity contribution in [3.8, 4) is 5.75 Å². The highest BCUT2D eigenvalue weighted by molar-refractivity contribution is 5.94. The summed E-state index contributed by atoms with van der Waals surface area (Å²) in [7, 11) is 1.78. The van der Waals surface area contributed by atoms with Gasteiger partial charge in [0.25, 0.3) is 5.91 Å². The maximum Gasteiger partial charge on any atom is 0.416 e. The lowest BCUT2D eigenvalue weighted by Gasteiger charge is -2.38. The van der Waals surface area contributed by atoms with E-state index >= 15 is 0 Å². The van der Waals surface area contributed by atoms with E-state index in [9.17, 15) is 22.8 Å². The van der Waals surface area contributed by atoms with E-state index in [-0.39, 0.29) is 29.4 Å². The largest absolute Gasteiger partial charge is 0.485 e. The lowest BCUT2D eigenvalue weighted by atomic mass is 9.94. The Hall–Kier alpha value is -3.23. The third-order valence-corrected chi connectivity index (χ3v) is 6.75. The first-order valence-corrected chi connectivity index (χ1v) is 11.9. The van der Waals surface area contributed by atoms with Gasteiger partial charge in [-0.3, -0.25) is 9.59 Å². The highest BCUT2D eigenvalue weighted by Gasteiger charge is 2.33. The zero-order valence-corrected chi connectivity index (χ0v) is 19.9. The number of piperidine rings is 1. The number of fused-ring (bicyclic) bond motifs is 1. The number of para-hydroxylation sites is 2. The standard InChI is InChI=1S/C26H30F3N3O3/c1-3-31-17-21(35-23-7-5-4-6-22(23)31)16-30(2)24(33)19-12-14-32(15-13-19)25(34)18-8-10-20(11-9-18)26(27,28)29/h4-11,19,21H,3,12-17H2,1-2H3. The molecule has 188 valence electrons. The fraction of sp³-hybridized carbons (Fsp3) is 0.462. The molecule has 1 fully saturated rings. The van der Waals surface area contributed by atoms with E-state index in [1.807, 2.05) is 24.3 Å². The number of hydrogen-bond acceptors (Lipinski definition) is 4. The summed E-state index contributed by atoms with van der Waals surface area (Å²) in [5.74, 6) is 0.334. The van der Waals surface area contributed by atoms with Gasteiger partial charge in [0.15, 0.2) is 0 Å². The van der Waals surface area contributed by atoms with Gasteiger partial charge in [0.2, 0.25) is 5.91 Å². The minimum absolute atomic E-state index is 0.0251. The molecule has 2 aliphatic rings. The molecule has 6 nitrogen and oxygen atoms in total. The summed E-state index contributed by atoms with van der Waals surface area (Å²) in [4.78, 5) is 31.4. The van der Waals surface area contributed by atoms with Crippen molar-refractivity contribution in [1.29, 1.82) is 0 Å². The average Bonchev–Trinajstić information content (AvgIpc) is 2.87. The van der Waals surface area contributed by atoms with Crippen LogP contribution in [0.25, 0.3) is 0 Å². The van der Waals surface area contributed by atoms with Gasteiger partial charge in [0.1, 0.15) is 11.9 Å². The zero-order chi connectivity index (χ0) is 25.2. The summed E-state index contributed by atoms with van der Waals surface area (Å²) in [6, 6.07) is 12.1. The molecular weight excluding hydrogens is 459 g/mol. The molecule has 1 atom stereocenters. The molecule has 0 spiro atoms. The Kier molecular flexibility index (Phi) is 7.23. The van der Waals surface area contributed by atoms with E-state index in [4.69, 9.17) is 4.74 Å². The summed E-state index contributed by atoms with van der Waals surface area (Å²) in [6.45, 7) is 4.88. The maximum absolute atomic E-state index is 13.1. The number of halogens is 3. The number of benzene rings is 2. The first-order valence-electron chi connectivity index (χ1n) is 11.9. The zero-order valence-electron chi connectivity index (χ0n) is 19.9. The second-order valence-electron chi connectivity index (χ2n) is 9.11. The van der Waals surface area contributed by atoms with Gasteiger partial charge in [-0.2, -0.15) is 13.2 Å². The maximum atomic E-state index is 13.1. The first kappa shape index (κ1) is 24.9. The number of anilines is 1. The molecule has 0 radical (unpaired) electrons. The fourth-order valence-corrected chi connectivity index (χ4v) is 4.79. The van der Waals surface area contributed by atoms with Crippen molar-refractivity contribution < 1.29 is 27.5 Å².